The van der Waals surface area contributed by atoms with E-state index in [0.717, 1.165) is 24.4 Å². The Kier molecular flexibility index (Phi) is 4.37. The number of hydrogen-bond donors (Lipinski definition) is 2. The monoisotopic (exact) mass is 297 g/mol. The number of rotatable bonds is 4. The third-order valence-electron chi connectivity index (χ3n) is 4.13. The highest BCUT2D eigenvalue weighted by molar-refractivity contribution is 7.07. The number of aryl methyl sites for hydroxylation is 1. The van der Waals surface area contributed by atoms with Crippen molar-refractivity contribution in [1.82, 2.24) is 14.9 Å². The van der Waals surface area contributed by atoms with E-state index in [-0.39, 0.29) is 12.5 Å². The molecule has 2 rings (SSSR count). The van der Waals surface area contributed by atoms with Crippen molar-refractivity contribution in [3.8, 4) is 0 Å². The smallest absolute Gasteiger partial charge is 0.311 e. The molecule has 20 heavy (non-hydrogen) atoms. The van der Waals surface area contributed by atoms with Gasteiger partial charge in [-0.05, 0) is 50.1 Å². The topological polar surface area (TPSA) is 92.2 Å². The summed E-state index contributed by atoms with van der Waals surface area (Å²) in [6.07, 6.45) is 3.01. The first-order valence-corrected chi connectivity index (χ1v) is 7.52. The number of nitrogens with one attached hydrogen (secondary N) is 1. The van der Waals surface area contributed by atoms with Crippen LogP contribution >= 0.6 is 11.5 Å². The average molecular weight is 297 g/mol. The van der Waals surface area contributed by atoms with E-state index in [4.69, 9.17) is 0 Å². The molecule has 110 valence electrons. The van der Waals surface area contributed by atoms with Gasteiger partial charge in [0.1, 0.15) is 4.88 Å². The minimum Gasteiger partial charge on any atom is -0.481 e. The van der Waals surface area contributed by atoms with Crippen molar-refractivity contribution >= 4 is 23.4 Å². The fourth-order valence-corrected chi connectivity index (χ4v) is 3.12. The molecular formula is C13H19N3O3S. The lowest BCUT2D eigenvalue weighted by molar-refractivity contribution is -0.151. The lowest BCUT2D eigenvalue weighted by Gasteiger charge is -2.35. The number of amides is 1. The van der Waals surface area contributed by atoms with Gasteiger partial charge in [0.05, 0.1) is 11.1 Å². The average Bonchev–Trinajstić information content (AvgIpc) is 2.84. The molecule has 7 heteroatoms. The number of carbonyl (C=O) groups is 2. The van der Waals surface area contributed by atoms with Crippen LogP contribution in [0.15, 0.2) is 0 Å². The Morgan fingerprint density at radius 1 is 1.45 bits per heavy atom. The number of aliphatic carboxylic acids is 1. The van der Waals surface area contributed by atoms with Gasteiger partial charge in [-0.15, -0.1) is 5.10 Å². The summed E-state index contributed by atoms with van der Waals surface area (Å²) in [6.45, 7) is 4.02. The normalized spacial score (nSPS) is 26.2. The van der Waals surface area contributed by atoms with E-state index in [1.54, 1.807) is 6.92 Å². The van der Waals surface area contributed by atoms with E-state index >= 15 is 0 Å². The number of aromatic nitrogens is 2. The van der Waals surface area contributed by atoms with Gasteiger partial charge in [0.2, 0.25) is 0 Å². The van der Waals surface area contributed by atoms with Gasteiger partial charge in [-0.25, -0.2) is 0 Å². The van der Waals surface area contributed by atoms with E-state index in [9.17, 15) is 14.7 Å². The minimum atomic E-state index is -0.825. The second-order valence-electron chi connectivity index (χ2n) is 5.64. The summed E-state index contributed by atoms with van der Waals surface area (Å²) < 4.78 is 3.71. The summed E-state index contributed by atoms with van der Waals surface area (Å²) in [7, 11) is 0. The van der Waals surface area contributed by atoms with Crippen LogP contribution in [0, 0.1) is 18.3 Å². The molecule has 1 aliphatic rings. The van der Waals surface area contributed by atoms with Crippen molar-refractivity contribution in [2.45, 2.75) is 39.5 Å². The summed E-state index contributed by atoms with van der Waals surface area (Å²) in [5.74, 6) is -0.535. The van der Waals surface area contributed by atoms with Crippen molar-refractivity contribution in [2.75, 3.05) is 6.54 Å². The van der Waals surface area contributed by atoms with Crippen LogP contribution in [0.3, 0.4) is 0 Å². The van der Waals surface area contributed by atoms with Crippen molar-refractivity contribution in [2.24, 2.45) is 11.3 Å². The van der Waals surface area contributed by atoms with Gasteiger partial charge in [-0.2, -0.15) is 0 Å². The molecule has 1 aromatic rings. The molecule has 0 saturated heterocycles. The Bertz CT molecular complexity index is 507. The molecule has 0 radical (unpaired) electrons. The maximum absolute atomic E-state index is 12.0. The second-order valence-corrected chi connectivity index (χ2v) is 6.39. The minimum absolute atomic E-state index is 0.172. The van der Waals surface area contributed by atoms with Crippen molar-refractivity contribution in [1.29, 1.82) is 0 Å². The number of nitrogens with zero attached hydrogens (tertiary/aromatic N) is 2. The van der Waals surface area contributed by atoms with E-state index in [0.29, 0.717) is 29.3 Å². The van der Waals surface area contributed by atoms with Crippen molar-refractivity contribution in [3.63, 3.8) is 0 Å². The maximum atomic E-state index is 12.0. The van der Waals surface area contributed by atoms with E-state index in [2.05, 4.69) is 21.8 Å². The number of carbonyl (C=O) groups excluding carboxylic acids is 1. The highest BCUT2D eigenvalue weighted by Crippen LogP contribution is 2.38. The first kappa shape index (κ1) is 14.9. The van der Waals surface area contributed by atoms with Gasteiger partial charge in [-0.3, -0.25) is 9.59 Å². The quantitative estimate of drug-likeness (QED) is 0.885. The summed E-state index contributed by atoms with van der Waals surface area (Å²) >= 11 is 1.03. The third kappa shape index (κ3) is 2.98. The molecule has 1 aromatic heterocycles. The molecule has 1 saturated carbocycles. The zero-order valence-corrected chi connectivity index (χ0v) is 12.5. The fraction of sp³-hybridized carbons (Fsp3) is 0.692. The molecule has 0 aliphatic heterocycles. The van der Waals surface area contributed by atoms with Gasteiger partial charge in [0.15, 0.2) is 0 Å². The molecule has 2 N–H and O–H groups in total. The molecular weight excluding hydrogens is 278 g/mol. The zero-order valence-electron chi connectivity index (χ0n) is 11.7. The van der Waals surface area contributed by atoms with Crippen LogP contribution in [0.5, 0.6) is 0 Å². The molecule has 0 unspecified atom stereocenters. The van der Waals surface area contributed by atoms with E-state index in [1.165, 1.54) is 0 Å². The summed E-state index contributed by atoms with van der Waals surface area (Å²) in [5, 5.41) is 16.0. The van der Waals surface area contributed by atoms with Gasteiger partial charge < -0.3 is 10.4 Å². The molecule has 6 nitrogen and oxygen atoms in total. The number of carboxylic acid groups (broad SMARTS) is 1. The van der Waals surface area contributed by atoms with Crippen LogP contribution in [-0.4, -0.2) is 33.1 Å². The van der Waals surface area contributed by atoms with Gasteiger partial charge in [0.25, 0.3) is 5.91 Å². The molecule has 1 heterocycles. The largest absolute Gasteiger partial charge is 0.481 e. The summed E-state index contributed by atoms with van der Waals surface area (Å²) in [6, 6.07) is 0. The Morgan fingerprint density at radius 2 is 2.10 bits per heavy atom. The number of hydrogen-bond acceptors (Lipinski definition) is 5. The standard InChI is InChI=1S/C13H19N3O3S/c1-8-3-5-13(6-4-8,12(18)19)7-14-11(17)10-9(2)15-16-20-10/h8H,3-7H2,1-2H3,(H,14,17)(H,18,19). The van der Waals surface area contributed by atoms with Gasteiger partial charge >= 0.3 is 5.97 Å². The molecule has 0 spiro atoms. The van der Waals surface area contributed by atoms with Crippen LogP contribution in [0.25, 0.3) is 0 Å². The van der Waals surface area contributed by atoms with Gasteiger partial charge in [-0.1, -0.05) is 11.4 Å². The molecule has 0 aromatic carbocycles. The predicted octanol–water partition coefficient (Wildman–Crippen LogP) is 1.86. The second kappa shape index (κ2) is 5.87. The molecule has 0 atom stereocenters. The van der Waals surface area contributed by atoms with Gasteiger partial charge in [0, 0.05) is 6.54 Å². The first-order chi connectivity index (χ1) is 9.44. The molecule has 1 amide bonds. The summed E-state index contributed by atoms with van der Waals surface area (Å²) in [5.41, 5.74) is -0.247. The molecule has 1 fully saturated rings. The lowest BCUT2D eigenvalue weighted by atomic mass is 9.71. The van der Waals surface area contributed by atoms with Crippen LogP contribution in [0.1, 0.15) is 48.0 Å². The van der Waals surface area contributed by atoms with Crippen LogP contribution in [0.4, 0.5) is 0 Å². The lowest BCUT2D eigenvalue weighted by Crippen LogP contribution is -2.45. The van der Waals surface area contributed by atoms with Crippen LogP contribution in [-0.2, 0) is 4.79 Å². The Labute approximate surface area is 121 Å². The van der Waals surface area contributed by atoms with Crippen molar-refractivity contribution in [3.05, 3.63) is 10.6 Å². The Hall–Kier alpha value is -1.50. The predicted molar refractivity (Wildman–Crippen MR) is 74.7 cm³/mol. The summed E-state index contributed by atoms with van der Waals surface area (Å²) in [4.78, 5) is 24.1. The van der Waals surface area contributed by atoms with E-state index in [1.807, 2.05) is 0 Å². The highest BCUT2D eigenvalue weighted by Gasteiger charge is 2.41. The Balaban J connectivity index is 2.02. The third-order valence-corrected chi connectivity index (χ3v) is 4.96. The Morgan fingerprint density at radius 3 is 2.60 bits per heavy atom. The van der Waals surface area contributed by atoms with Crippen LogP contribution < -0.4 is 5.32 Å². The number of carboxylic acids is 1. The van der Waals surface area contributed by atoms with Crippen molar-refractivity contribution < 1.29 is 14.7 Å². The fourth-order valence-electron chi connectivity index (χ4n) is 2.55. The molecule has 1 aliphatic carbocycles. The zero-order chi connectivity index (χ0) is 14.8. The van der Waals surface area contributed by atoms with E-state index < -0.39 is 11.4 Å². The SMILES string of the molecule is Cc1nnsc1C(=O)NCC1(C(=O)O)CCC(C)CC1. The molecule has 0 bridgehead atoms. The highest BCUT2D eigenvalue weighted by atomic mass is 32.1. The maximum Gasteiger partial charge on any atom is 0.311 e. The first-order valence-electron chi connectivity index (χ1n) is 6.75. The van der Waals surface area contributed by atoms with Crippen LogP contribution in [0.2, 0.25) is 0 Å².